The number of benzene rings is 2. The highest BCUT2D eigenvalue weighted by atomic mass is 35.5. The van der Waals surface area contributed by atoms with Crippen molar-refractivity contribution in [1.82, 2.24) is 10.3 Å². The molecule has 0 aliphatic heterocycles. The van der Waals surface area contributed by atoms with E-state index in [-0.39, 0.29) is 5.91 Å². The molecule has 0 bridgehead atoms. The molecule has 4 nitrogen and oxygen atoms in total. The Hall–Kier alpha value is -2.37. The van der Waals surface area contributed by atoms with Crippen molar-refractivity contribution in [1.29, 1.82) is 0 Å². The smallest absolute Gasteiger partial charge is 0.251 e. The van der Waals surface area contributed by atoms with Crippen LogP contribution in [0.25, 0.3) is 10.6 Å². The average Bonchev–Trinajstić information content (AvgIpc) is 3.10. The van der Waals surface area contributed by atoms with Crippen LogP contribution in [-0.4, -0.2) is 24.5 Å². The zero-order chi connectivity index (χ0) is 17.6. The fourth-order valence-electron chi connectivity index (χ4n) is 2.35. The molecule has 2 aromatic carbocycles. The van der Waals surface area contributed by atoms with E-state index in [4.69, 9.17) is 16.3 Å². The van der Waals surface area contributed by atoms with Crippen LogP contribution in [0.1, 0.15) is 16.1 Å². The number of thiazole rings is 1. The van der Waals surface area contributed by atoms with Gasteiger partial charge in [-0.25, -0.2) is 4.98 Å². The minimum atomic E-state index is -0.181. The van der Waals surface area contributed by atoms with Crippen LogP contribution in [0, 0.1) is 0 Å². The predicted molar refractivity (Wildman–Crippen MR) is 102 cm³/mol. The summed E-state index contributed by atoms with van der Waals surface area (Å²) in [5, 5.41) is 6.37. The molecule has 3 rings (SSSR count). The van der Waals surface area contributed by atoms with Gasteiger partial charge >= 0.3 is 0 Å². The third-order valence-corrected chi connectivity index (χ3v) is 4.77. The Morgan fingerprint density at radius 3 is 2.80 bits per heavy atom. The van der Waals surface area contributed by atoms with E-state index in [1.807, 2.05) is 35.7 Å². The summed E-state index contributed by atoms with van der Waals surface area (Å²) in [6.45, 7) is 0.506. The Morgan fingerprint density at radius 2 is 2.04 bits per heavy atom. The lowest BCUT2D eigenvalue weighted by atomic mass is 10.2. The number of hydrogen-bond acceptors (Lipinski definition) is 4. The summed E-state index contributed by atoms with van der Waals surface area (Å²) in [6.07, 6.45) is 0.673. The molecule has 3 aromatic rings. The molecule has 1 amide bonds. The largest absolute Gasteiger partial charge is 0.497 e. The minimum Gasteiger partial charge on any atom is -0.497 e. The van der Waals surface area contributed by atoms with E-state index in [2.05, 4.69) is 10.3 Å². The first-order valence-corrected chi connectivity index (χ1v) is 9.04. The summed E-state index contributed by atoms with van der Waals surface area (Å²) in [5.74, 6) is 0.379. The molecule has 0 radical (unpaired) electrons. The number of nitrogens with zero attached hydrogens (tertiary/aromatic N) is 1. The zero-order valence-corrected chi connectivity index (χ0v) is 15.2. The van der Waals surface area contributed by atoms with Gasteiger partial charge in [0.05, 0.1) is 12.8 Å². The molecule has 0 saturated heterocycles. The molecular weight excluding hydrogens is 356 g/mol. The Balaban J connectivity index is 1.57. The summed E-state index contributed by atoms with van der Waals surface area (Å²) < 4.78 is 5.13. The maximum atomic E-state index is 12.2. The second-order valence-corrected chi connectivity index (χ2v) is 6.69. The first-order valence-electron chi connectivity index (χ1n) is 7.78. The SMILES string of the molecule is COc1cc(Cl)cc(C(=O)NCCc2csc(-c3ccccc3)n2)c1. The first-order chi connectivity index (χ1) is 12.2. The van der Waals surface area contributed by atoms with E-state index in [0.717, 1.165) is 16.3 Å². The highest BCUT2D eigenvalue weighted by Gasteiger charge is 2.09. The van der Waals surface area contributed by atoms with Crippen molar-refractivity contribution in [2.45, 2.75) is 6.42 Å². The molecule has 0 aliphatic rings. The molecule has 0 spiro atoms. The molecule has 128 valence electrons. The molecule has 0 saturated carbocycles. The van der Waals surface area contributed by atoms with Gasteiger partial charge in [-0.2, -0.15) is 0 Å². The number of carbonyl (C=O) groups excluding carboxylic acids is 1. The summed E-state index contributed by atoms with van der Waals surface area (Å²) >= 11 is 7.60. The fourth-order valence-corrected chi connectivity index (χ4v) is 3.44. The number of halogens is 1. The Labute approximate surface area is 155 Å². The van der Waals surface area contributed by atoms with E-state index in [1.165, 1.54) is 0 Å². The van der Waals surface area contributed by atoms with Crippen LogP contribution >= 0.6 is 22.9 Å². The van der Waals surface area contributed by atoms with Crippen molar-refractivity contribution in [3.63, 3.8) is 0 Å². The fraction of sp³-hybridized carbons (Fsp3) is 0.158. The van der Waals surface area contributed by atoms with Crippen molar-refractivity contribution in [3.8, 4) is 16.3 Å². The van der Waals surface area contributed by atoms with Gasteiger partial charge in [-0.3, -0.25) is 4.79 Å². The van der Waals surface area contributed by atoms with Crippen LogP contribution in [0.2, 0.25) is 5.02 Å². The minimum absolute atomic E-state index is 0.181. The van der Waals surface area contributed by atoms with E-state index in [9.17, 15) is 4.79 Å². The second kappa shape index (κ2) is 8.14. The number of hydrogen-bond donors (Lipinski definition) is 1. The molecule has 1 aromatic heterocycles. The van der Waals surface area contributed by atoms with Crippen LogP contribution in [-0.2, 0) is 6.42 Å². The maximum absolute atomic E-state index is 12.2. The van der Waals surface area contributed by atoms with Gasteiger partial charge in [0, 0.05) is 34.5 Å². The lowest BCUT2D eigenvalue weighted by Crippen LogP contribution is -2.25. The molecule has 0 fully saturated rings. The molecule has 0 aliphatic carbocycles. The topological polar surface area (TPSA) is 51.2 Å². The van der Waals surface area contributed by atoms with Gasteiger partial charge in [0.15, 0.2) is 0 Å². The van der Waals surface area contributed by atoms with E-state index < -0.39 is 0 Å². The third kappa shape index (κ3) is 4.59. The lowest BCUT2D eigenvalue weighted by Gasteiger charge is -2.07. The van der Waals surface area contributed by atoms with Gasteiger partial charge in [0.25, 0.3) is 5.91 Å². The second-order valence-electron chi connectivity index (χ2n) is 5.40. The number of aromatic nitrogens is 1. The van der Waals surface area contributed by atoms with Crippen LogP contribution in [0.4, 0.5) is 0 Å². The highest BCUT2D eigenvalue weighted by Crippen LogP contribution is 2.23. The Kier molecular flexibility index (Phi) is 5.68. The van der Waals surface area contributed by atoms with Gasteiger partial charge in [0.1, 0.15) is 10.8 Å². The lowest BCUT2D eigenvalue weighted by molar-refractivity contribution is 0.0953. The average molecular weight is 373 g/mol. The standard InChI is InChI=1S/C19H17ClN2O2S/c1-24-17-10-14(9-15(20)11-17)18(23)21-8-7-16-12-25-19(22-16)13-5-3-2-4-6-13/h2-6,9-12H,7-8H2,1H3,(H,21,23). The molecule has 1 N–H and O–H groups in total. The van der Waals surface area contributed by atoms with Crippen molar-refractivity contribution < 1.29 is 9.53 Å². The van der Waals surface area contributed by atoms with Crippen LogP contribution in [0.5, 0.6) is 5.75 Å². The highest BCUT2D eigenvalue weighted by molar-refractivity contribution is 7.13. The quantitative estimate of drug-likeness (QED) is 0.695. The summed E-state index contributed by atoms with van der Waals surface area (Å²) in [7, 11) is 1.54. The summed E-state index contributed by atoms with van der Waals surface area (Å²) in [6, 6.07) is 15.0. The number of nitrogens with one attached hydrogen (secondary N) is 1. The summed E-state index contributed by atoms with van der Waals surface area (Å²) in [4.78, 5) is 16.9. The van der Waals surface area contributed by atoms with Crippen molar-refractivity contribution in [3.05, 3.63) is 70.2 Å². The van der Waals surface area contributed by atoms with Crippen molar-refractivity contribution in [2.75, 3.05) is 13.7 Å². The van der Waals surface area contributed by atoms with Gasteiger partial charge in [0.2, 0.25) is 0 Å². The van der Waals surface area contributed by atoms with Crippen molar-refractivity contribution >= 4 is 28.8 Å². The molecule has 0 atom stereocenters. The Bertz CT molecular complexity index is 865. The number of methoxy groups -OCH3 is 1. The van der Waals surface area contributed by atoms with E-state index in [1.54, 1.807) is 36.6 Å². The first kappa shape index (κ1) is 17.5. The molecule has 0 unspecified atom stereocenters. The Morgan fingerprint density at radius 1 is 1.24 bits per heavy atom. The van der Waals surface area contributed by atoms with Gasteiger partial charge in [-0.05, 0) is 18.2 Å². The molecular formula is C19H17ClN2O2S. The predicted octanol–water partition coefficient (Wildman–Crippen LogP) is 4.44. The zero-order valence-electron chi connectivity index (χ0n) is 13.7. The van der Waals surface area contributed by atoms with Crippen LogP contribution in [0.3, 0.4) is 0 Å². The number of ether oxygens (including phenoxy) is 1. The van der Waals surface area contributed by atoms with Crippen LogP contribution < -0.4 is 10.1 Å². The van der Waals surface area contributed by atoms with Gasteiger partial charge < -0.3 is 10.1 Å². The van der Waals surface area contributed by atoms with Gasteiger partial charge in [-0.15, -0.1) is 11.3 Å². The number of rotatable bonds is 6. The maximum Gasteiger partial charge on any atom is 0.251 e. The molecule has 25 heavy (non-hydrogen) atoms. The van der Waals surface area contributed by atoms with Crippen LogP contribution in [0.15, 0.2) is 53.9 Å². The summed E-state index contributed by atoms with van der Waals surface area (Å²) in [5.41, 5.74) is 2.55. The number of amides is 1. The molecule has 6 heteroatoms. The van der Waals surface area contributed by atoms with Crippen molar-refractivity contribution in [2.24, 2.45) is 0 Å². The number of carbonyl (C=O) groups is 1. The molecule has 1 heterocycles. The monoisotopic (exact) mass is 372 g/mol. The van der Waals surface area contributed by atoms with E-state index in [0.29, 0.717) is 29.3 Å². The third-order valence-electron chi connectivity index (χ3n) is 3.61. The van der Waals surface area contributed by atoms with E-state index >= 15 is 0 Å². The van der Waals surface area contributed by atoms with Gasteiger partial charge in [-0.1, -0.05) is 41.9 Å². The normalized spacial score (nSPS) is 10.5.